The molecule has 1 aromatic heterocycles. The molecular weight excluding hydrogens is 465 g/mol. The molecule has 0 saturated carbocycles. The van der Waals surface area contributed by atoms with Crippen LogP contribution in [-0.4, -0.2) is 61.0 Å². The van der Waals surface area contributed by atoms with Crippen LogP contribution in [0.2, 0.25) is 0 Å². The number of anilines is 1. The van der Waals surface area contributed by atoms with E-state index in [4.69, 9.17) is 4.74 Å². The van der Waals surface area contributed by atoms with Crippen LogP contribution >= 0.6 is 11.3 Å². The van der Waals surface area contributed by atoms with Crippen molar-refractivity contribution in [3.05, 3.63) is 95.3 Å². The smallest absolute Gasteiger partial charge is 0.260 e. The Morgan fingerprint density at radius 2 is 1.63 bits per heavy atom. The van der Waals surface area contributed by atoms with E-state index in [1.807, 2.05) is 18.2 Å². The van der Waals surface area contributed by atoms with Gasteiger partial charge in [-0.2, -0.15) is 0 Å². The number of nitrogens with zero attached hydrogens (tertiary/aromatic N) is 3. The van der Waals surface area contributed by atoms with Crippen molar-refractivity contribution in [1.29, 1.82) is 0 Å². The van der Waals surface area contributed by atoms with Crippen molar-refractivity contribution in [2.75, 3.05) is 44.3 Å². The highest BCUT2D eigenvalue weighted by Crippen LogP contribution is 2.30. The van der Waals surface area contributed by atoms with Gasteiger partial charge in [-0.05, 0) is 30.3 Å². The van der Waals surface area contributed by atoms with E-state index >= 15 is 0 Å². The molecule has 0 radical (unpaired) electrons. The molecule has 1 amide bonds. The summed E-state index contributed by atoms with van der Waals surface area (Å²) in [6.45, 7) is 4.07. The summed E-state index contributed by atoms with van der Waals surface area (Å²) in [6, 6.07) is 20.2. The first-order valence-electron chi connectivity index (χ1n) is 11.5. The number of carbonyl (C=O) groups is 2. The first-order valence-corrected chi connectivity index (χ1v) is 12.3. The predicted molar refractivity (Wildman–Crippen MR) is 135 cm³/mol. The van der Waals surface area contributed by atoms with Crippen LogP contribution in [0, 0.1) is 5.82 Å². The molecule has 0 atom stereocenters. The fourth-order valence-corrected chi connectivity index (χ4v) is 5.04. The maximum absolute atomic E-state index is 13.7. The molecule has 5 rings (SSSR count). The standard InChI is InChI=1S/C27H24FN3O3S/c28-22-10-11-23-24(18-22)35-27(29-23)31(13-12-30-14-16-34-17-15-30)26(33)21-8-6-20(7-9-21)25(32)19-4-2-1-3-5-19/h1-11,18H,12-17H2. The summed E-state index contributed by atoms with van der Waals surface area (Å²) in [7, 11) is 0. The Hall–Kier alpha value is -3.46. The highest BCUT2D eigenvalue weighted by atomic mass is 32.1. The Morgan fingerprint density at radius 3 is 2.37 bits per heavy atom. The van der Waals surface area contributed by atoms with Gasteiger partial charge >= 0.3 is 0 Å². The van der Waals surface area contributed by atoms with Crippen molar-refractivity contribution in [2.24, 2.45) is 0 Å². The van der Waals surface area contributed by atoms with Crippen LogP contribution in [0.15, 0.2) is 72.8 Å². The van der Waals surface area contributed by atoms with Gasteiger partial charge in [0.2, 0.25) is 0 Å². The summed E-state index contributed by atoms with van der Waals surface area (Å²) in [6.07, 6.45) is 0. The van der Waals surface area contributed by atoms with Crippen molar-refractivity contribution in [3.63, 3.8) is 0 Å². The van der Waals surface area contributed by atoms with Crippen molar-refractivity contribution >= 4 is 38.4 Å². The van der Waals surface area contributed by atoms with Crippen molar-refractivity contribution < 1.29 is 18.7 Å². The number of aromatic nitrogens is 1. The fraction of sp³-hybridized carbons (Fsp3) is 0.222. The summed E-state index contributed by atoms with van der Waals surface area (Å²) < 4.78 is 19.9. The van der Waals surface area contributed by atoms with Gasteiger partial charge in [0.05, 0.1) is 23.4 Å². The first-order chi connectivity index (χ1) is 17.1. The SMILES string of the molecule is O=C(c1ccccc1)c1ccc(C(=O)N(CCN2CCOCC2)c2nc3ccc(F)cc3s2)cc1. The van der Waals surface area contributed by atoms with Gasteiger partial charge in [-0.25, -0.2) is 9.37 Å². The Bertz CT molecular complexity index is 1340. The van der Waals surface area contributed by atoms with E-state index in [2.05, 4.69) is 9.88 Å². The molecule has 0 spiro atoms. The molecule has 1 saturated heterocycles. The number of benzene rings is 3. The molecule has 2 heterocycles. The van der Waals surface area contributed by atoms with Gasteiger partial charge in [-0.15, -0.1) is 0 Å². The first kappa shape index (κ1) is 23.3. The molecule has 35 heavy (non-hydrogen) atoms. The summed E-state index contributed by atoms with van der Waals surface area (Å²) in [5, 5.41) is 0.522. The van der Waals surface area contributed by atoms with Crippen LogP contribution in [0.3, 0.4) is 0 Å². The van der Waals surface area contributed by atoms with Gasteiger partial charge in [-0.3, -0.25) is 19.4 Å². The third-order valence-corrected chi connectivity index (χ3v) is 7.03. The van der Waals surface area contributed by atoms with Gasteiger partial charge in [0.15, 0.2) is 10.9 Å². The Morgan fingerprint density at radius 1 is 0.943 bits per heavy atom. The van der Waals surface area contributed by atoms with Crippen LogP contribution in [0.25, 0.3) is 10.2 Å². The molecule has 0 bridgehead atoms. The zero-order chi connectivity index (χ0) is 24.2. The summed E-state index contributed by atoms with van der Waals surface area (Å²) >= 11 is 1.29. The molecule has 4 aromatic rings. The molecule has 3 aromatic carbocycles. The normalized spacial score (nSPS) is 14.2. The summed E-state index contributed by atoms with van der Waals surface area (Å²) in [5.74, 6) is -0.643. The second-order valence-electron chi connectivity index (χ2n) is 8.29. The molecule has 178 valence electrons. The second-order valence-corrected chi connectivity index (χ2v) is 9.30. The number of morpholine rings is 1. The predicted octanol–water partition coefficient (Wildman–Crippen LogP) is 4.65. The van der Waals surface area contributed by atoms with Gasteiger partial charge < -0.3 is 4.74 Å². The molecule has 1 aliphatic rings. The minimum absolute atomic E-state index is 0.0954. The van der Waals surface area contributed by atoms with Gasteiger partial charge in [0.1, 0.15) is 5.82 Å². The zero-order valence-electron chi connectivity index (χ0n) is 19.0. The number of amides is 1. The fourth-order valence-electron chi connectivity index (χ4n) is 4.03. The van der Waals surface area contributed by atoms with Crippen LogP contribution in [0.5, 0.6) is 0 Å². The highest BCUT2D eigenvalue weighted by Gasteiger charge is 2.23. The number of halogens is 1. The molecule has 6 nitrogen and oxygen atoms in total. The number of fused-ring (bicyclic) bond motifs is 1. The Balaban J connectivity index is 1.40. The Labute approximate surface area is 206 Å². The topological polar surface area (TPSA) is 62.7 Å². The molecule has 0 N–H and O–H groups in total. The van der Waals surface area contributed by atoms with E-state index in [0.717, 1.165) is 13.1 Å². The summed E-state index contributed by atoms with van der Waals surface area (Å²) in [5.41, 5.74) is 2.23. The molecule has 1 aliphatic heterocycles. The highest BCUT2D eigenvalue weighted by molar-refractivity contribution is 7.22. The minimum Gasteiger partial charge on any atom is -0.379 e. The number of hydrogen-bond acceptors (Lipinski definition) is 6. The zero-order valence-corrected chi connectivity index (χ0v) is 19.8. The third kappa shape index (κ3) is 5.30. The van der Waals surface area contributed by atoms with E-state index in [0.29, 0.717) is 58.3 Å². The van der Waals surface area contributed by atoms with Crippen LogP contribution in [0.1, 0.15) is 26.3 Å². The number of thiazole rings is 1. The second kappa shape index (κ2) is 10.4. The molecule has 1 fully saturated rings. The van der Waals surface area contributed by atoms with E-state index in [1.54, 1.807) is 47.4 Å². The van der Waals surface area contributed by atoms with Crippen LogP contribution in [-0.2, 0) is 4.74 Å². The maximum atomic E-state index is 13.7. The quantitative estimate of drug-likeness (QED) is 0.354. The summed E-state index contributed by atoms with van der Waals surface area (Å²) in [4.78, 5) is 34.8. The van der Waals surface area contributed by atoms with Crippen molar-refractivity contribution in [3.8, 4) is 0 Å². The maximum Gasteiger partial charge on any atom is 0.260 e. The lowest BCUT2D eigenvalue weighted by molar-refractivity contribution is 0.0391. The van der Waals surface area contributed by atoms with Gasteiger partial charge in [0.25, 0.3) is 5.91 Å². The molecule has 8 heteroatoms. The van der Waals surface area contributed by atoms with Gasteiger partial charge in [0, 0.05) is 42.9 Å². The van der Waals surface area contributed by atoms with Crippen molar-refractivity contribution in [1.82, 2.24) is 9.88 Å². The average Bonchev–Trinajstić information content (AvgIpc) is 3.32. The third-order valence-electron chi connectivity index (χ3n) is 5.99. The number of ether oxygens (including phenoxy) is 1. The number of carbonyl (C=O) groups excluding carboxylic acids is 2. The van der Waals surface area contributed by atoms with Crippen LogP contribution < -0.4 is 4.90 Å². The van der Waals surface area contributed by atoms with E-state index in [1.165, 1.54) is 23.5 Å². The average molecular weight is 490 g/mol. The monoisotopic (exact) mass is 489 g/mol. The minimum atomic E-state index is -0.336. The van der Waals surface area contributed by atoms with E-state index in [-0.39, 0.29) is 17.5 Å². The largest absolute Gasteiger partial charge is 0.379 e. The molecule has 0 aliphatic carbocycles. The lowest BCUT2D eigenvalue weighted by Crippen LogP contribution is -2.43. The lowest BCUT2D eigenvalue weighted by Gasteiger charge is -2.29. The molecule has 0 unspecified atom stereocenters. The number of ketones is 1. The van der Waals surface area contributed by atoms with Crippen molar-refractivity contribution in [2.45, 2.75) is 0 Å². The van der Waals surface area contributed by atoms with E-state index < -0.39 is 0 Å². The van der Waals surface area contributed by atoms with Gasteiger partial charge in [-0.1, -0.05) is 53.8 Å². The lowest BCUT2D eigenvalue weighted by atomic mass is 10.0. The Kier molecular flexibility index (Phi) is 6.94. The van der Waals surface area contributed by atoms with E-state index in [9.17, 15) is 14.0 Å². The van der Waals surface area contributed by atoms with Crippen LogP contribution in [0.4, 0.5) is 9.52 Å². The number of hydrogen-bond donors (Lipinski definition) is 0. The molecular formula is C27H24FN3O3S. The number of rotatable bonds is 7.